The second-order valence-electron chi connectivity index (χ2n) is 5.56. The molecule has 2 atom stereocenters. The molecule has 20 heavy (non-hydrogen) atoms. The maximum absolute atomic E-state index is 12.1. The number of carbonyl (C=O) groups is 2. The highest BCUT2D eigenvalue weighted by atomic mass is 16.5. The summed E-state index contributed by atoms with van der Waals surface area (Å²) in [5.74, 6) is -0.0196. The van der Waals surface area contributed by atoms with E-state index in [1.165, 1.54) is 0 Å². The van der Waals surface area contributed by atoms with E-state index in [-0.39, 0.29) is 29.9 Å². The summed E-state index contributed by atoms with van der Waals surface area (Å²) in [7, 11) is 0. The third-order valence-corrected chi connectivity index (χ3v) is 4.08. The smallest absolute Gasteiger partial charge is 0.309 e. The minimum atomic E-state index is -0.132. The number of likely N-dealkylation sites (tertiary alicyclic amines) is 1. The van der Waals surface area contributed by atoms with Gasteiger partial charge in [0.15, 0.2) is 0 Å². The van der Waals surface area contributed by atoms with E-state index in [9.17, 15) is 9.59 Å². The lowest BCUT2D eigenvalue weighted by Gasteiger charge is -2.34. The Balaban J connectivity index is 2.40. The highest BCUT2D eigenvalue weighted by Crippen LogP contribution is 2.20. The van der Waals surface area contributed by atoms with Crippen LogP contribution in [0.3, 0.4) is 0 Å². The lowest BCUT2D eigenvalue weighted by molar-refractivity contribution is -0.149. The van der Waals surface area contributed by atoms with Gasteiger partial charge in [-0.25, -0.2) is 0 Å². The van der Waals surface area contributed by atoms with E-state index in [0.29, 0.717) is 6.61 Å². The summed E-state index contributed by atoms with van der Waals surface area (Å²) >= 11 is 0. The van der Waals surface area contributed by atoms with Crippen molar-refractivity contribution in [3.63, 3.8) is 0 Å². The topological polar surface area (TPSA) is 58.6 Å². The van der Waals surface area contributed by atoms with Crippen LogP contribution < -0.4 is 5.32 Å². The zero-order valence-electron chi connectivity index (χ0n) is 13.1. The van der Waals surface area contributed by atoms with E-state index in [4.69, 9.17) is 4.74 Å². The number of piperidine rings is 1. The van der Waals surface area contributed by atoms with Gasteiger partial charge >= 0.3 is 5.97 Å². The number of nitrogens with one attached hydrogen (secondary N) is 1. The van der Waals surface area contributed by atoms with E-state index in [1.807, 2.05) is 20.8 Å². The summed E-state index contributed by atoms with van der Waals surface area (Å²) in [4.78, 5) is 25.9. The largest absolute Gasteiger partial charge is 0.466 e. The van der Waals surface area contributed by atoms with Gasteiger partial charge in [0.2, 0.25) is 5.91 Å². The van der Waals surface area contributed by atoms with Crippen LogP contribution in [0.1, 0.15) is 47.0 Å². The van der Waals surface area contributed by atoms with Crippen LogP contribution in [0, 0.1) is 5.92 Å². The van der Waals surface area contributed by atoms with Crippen molar-refractivity contribution in [3.05, 3.63) is 0 Å². The lowest BCUT2D eigenvalue weighted by Crippen LogP contribution is -2.50. The van der Waals surface area contributed by atoms with Crippen molar-refractivity contribution in [1.82, 2.24) is 10.2 Å². The van der Waals surface area contributed by atoms with Crippen LogP contribution in [0.25, 0.3) is 0 Å². The SMILES string of the molecule is CCOC(=O)C1CCN(C(C)C(=O)NC(C)CC)CC1. The summed E-state index contributed by atoms with van der Waals surface area (Å²) in [6.45, 7) is 9.82. The van der Waals surface area contributed by atoms with E-state index < -0.39 is 0 Å². The van der Waals surface area contributed by atoms with Crippen molar-refractivity contribution in [1.29, 1.82) is 0 Å². The van der Waals surface area contributed by atoms with E-state index in [0.717, 1.165) is 32.4 Å². The number of hydrogen-bond donors (Lipinski definition) is 1. The molecule has 5 nitrogen and oxygen atoms in total. The summed E-state index contributed by atoms with van der Waals surface area (Å²) in [5, 5.41) is 3.01. The van der Waals surface area contributed by atoms with Gasteiger partial charge in [-0.15, -0.1) is 0 Å². The minimum absolute atomic E-state index is 0.00368. The highest BCUT2D eigenvalue weighted by molar-refractivity contribution is 5.81. The molecule has 0 radical (unpaired) electrons. The van der Waals surface area contributed by atoms with Crippen LogP contribution >= 0.6 is 0 Å². The molecule has 1 aliphatic heterocycles. The first-order valence-electron chi connectivity index (χ1n) is 7.70. The number of amides is 1. The molecule has 0 aromatic rings. The summed E-state index contributed by atoms with van der Waals surface area (Å²) < 4.78 is 5.05. The number of hydrogen-bond acceptors (Lipinski definition) is 4. The van der Waals surface area contributed by atoms with E-state index >= 15 is 0 Å². The molecule has 1 N–H and O–H groups in total. The molecule has 116 valence electrons. The predicted octanol–water partition coefficient (Wildman–Crippen LogP) is 1.56. The number of esters is 1. The molecule has 0 aliphatic carbocycles. The van der Waals surface area contributed by atoms with Crippen LogP contribution in [-0.2, 0) is 14.3 Å². The first-order chi connectivity index (χ1) is 9.49. The van der Waals surface area contributed by atoms with Gasteiger partial charge in [-0.3, -0.25) is 14.5 Å². The molecular weight excluding hydrogens is 256 g/mol. The van der Waals surface area contributed by atoms with E-state index in [1.54, 1.807) is 0 Å². The number of carbonyl (C=O) groups excluding carboxylic acids is 2. The Hall–Kier alpha value is -1.10. The molecule has 1 fully saturated rings. The minimum Gasteiger partial charge on any atom is -0.466 e. The average Bonchev–Trinajstić information content (AvgIpc) is 2.46. The Kier molecular flexibility index (Phi) is 6.99. The first-order valence-corrected chi connectivity index (χ1v) is 7.70. The predicted molar refractivity (Wildman–Crippen MR) is 78.3 cm³/mol. The zero-order valence-corrected chi connectivity index (χ0v) is 13.1. The van der Waals surface area contributed by atoms with Gasteiger partial charge in [-0.05, 0) is 53.1 Å². The molecule has 0 bridgehead atoms. The molecule has 0 spiro atoms. The fourth-order valence-electron chi connectivity index (χ4n) is 2.41. The summed E-state index contributed by atoms with van der Waals surface area (Å²) in [6, 6.07) is 0.0779. The Labute approximate surface area is 122 Å². The van der Waals surface area contributed by atoms with Gasteiger partial charge in [0.05, 0.1) is 18.6 Å². The van der Waals surface area contributed by atoms with Gasteiger partial charge < -0.3 is 10.1 Å². The highest BCUT2D eigenvalue weighted by Gasteiger charge is 2.30. The molecule has 2 unspecified atom stereocenters. The van der Waals surface area contributed by atoms with Crippen molar-refractivity contribution in [2.75, 3.05) is 19.7 Å². The van der Waals surface area contributed by atoms with Crippen molar-refractivity contribution < 1.29 is 14.3 Å². The molecule has 1 amide bonds. The number of ether oxygens (including phenoxy) is 1. The van der Waals surface area contributed by atoms with Crippen LogP contribution in [-0.4, -0.2) is 48.6 Å². The van der Waals surface area contributed by atoms with Crippen molar-refractivity contribution in [2.45, 2.75) is 59.0 Å². The lowest BCUT2D eigenvalue weighted by atomic mass is 9.96. The maximum atomic E-state index is 12.1. The average molecular weight is 284 g/mol. The second kappa shape index (κ2) is 8.25. The van der Waals surface area contributed by atoms with Gasteiger partial charge in [-0.2, -0.15) is 0 Å². The van der Waals surface area contributed by atoms with Crippen LogP contribution in [0.2, 0.25) is 0 Å². The maximum Gasteiger partial charge on any atom is 0.309 e. The Morgan fingerprint density at radius 3 is 2.35 bits per heavy atom. The Bertz CT molecular complexity index is 325. The molecule has 1 aliphatic rings. The normalized spacial score (nSPS) is 20.2. The molecule has 0 aromatic carbocycles. The Morgan fingerprint density at radius 1 is 1.25 bits per heavy atom. The van der Waals surface area contributed by atoms with Gasteiger partial charge in [0.1, 0.15) is 0 Å². The molecular formula is C15H28N2O3. The monoisotopic (exact) mass is 284 g/mol. The van der Waals surface area contributed by atoms with E-state index in [2.05, 4.69) is 17.1 Å². The van der Waals surface area contributed by atoms with Crippen LogP contribution in [0.5, 0.6) is 0 Å². The molecule has 0 saturated carbocycles. The number of rotatable bonds is 6. The third kappa shape index (κ3) is 4.78. The van der Waals surface area contributed by atoms with Crippen molar-refractivity contribution >= 4 is 11.9 Å². The third-order valence-electron chi connectivity index (χ3n) is 4.08. The summed E-state index contributed by atoms with van der Waals surface area (Å²) in [6.07, 6.45) is 2.49. The van der Waals surface area contributed by atoms with Crippen molar-refractivity contribution in [3.8, 4) is 0 Å². The van der Waals surface area contributed by atoms with Gasteiger partial charge in [0, 0.05) is 6.04 Å². The van der Waals surface area contributed by atoms with Crippen molar-refractivity contribution in [2.24, 2.45) is 5.92 Å². The first kappa shape index (κ1) is 17.0. The quantitative estimate of drug-likeness (QED) is 0.752. The van der Waals surface area contributed by atoms with Gasteiger partial charge in [-0.1, -0.05) is 6.92 Å². The molecule has 1 rings (SSSR count). The van der Waals surface area contributed by atoms with Gasteiger partial charge in [0.25, 0.3) is 0 Å². The Morgan fingerprint density at radius 2 is 1.85 bits per heavy atom. The summed E-state index contributed by atoms with van der Waals surface area (Å²) in [5.41, 5.74) is 0. The van der Waals surface area contributed by atoms with Crippen LogP contribution in [0.15, 0.2) is 0 Å². The zero-order chi connectivity index (χ0) is 15.1. The van der Waals surface area contributed by atoms with Crippen LogP contribution in [0.4, 0.5) is 0 Å². The fraction of sp³-hybridized carbons (Fsp3) is 0.867. The molecule has 5 heteroatoms. The fourth-order valence-corrected chi connectivity index (χ4v) is 2.41. The molecule has 1 saturated heterocycles. The molecule has 1 heterocycles. The number of nitrogens with zero attached hydrogens (tertiary/aromatic N) is 1. The second-order valence-corrected chi connectivity index (χ2v) is 5.56. The molecule has 0 aromatic heterocycles. The standard InChI is InChI=1S/C15H28N2O3/c1-5-11(3)16-14(18)12(4)17-9-7-13(8-10-17)15(19)20-6-2/h11-13H,5-10H2,1-4H3,(H,16,18).